The molecule has 0 fully saturated rings. The predicted octanol–water partition coefficient (Wildman–Crippen LogP) is 3.61. The molecule has 0 amide bonds. The van der Waals surface area contributed by atoms with Crippen LogP contribution in [-0.2, 0) is 6.42 Å². The minimum atomic E-state index is -0.590. The highest BCUT2D eigenvalue weighted by Crippen LogP contribution is 2.31. The van der Waals surface area contributed by atoms with Crippen molar-refractivity contribution >= 4 is 51.4 Å². The number of aromatic amines is 1. The molecule has 0 spiro atoms. The molecule has 0 aliphatic rings. The van der Waals surface area contributed by atoms with Crippen molar-refractivity contribution in [3.05, 3.63) is 52.7 Å². The second-order valence-corrected chi connectivity index (χ2v) is 7.29. The monoisotopic (exact) mass is 399 g/mol. The molecule has 130 valence electrons. The third kappa shape index (κ3) is 3.60. The number of H-pyrrole nitrogens is 1. The van der Waals surface area contributed by atoms with Gasteiger partial charge in [-0.15, -0.1) is 11.3 Å². The minimum Gasteiger partial charge on any atom is -0.403 e. The number of hydrogen-bond acceptors (Lipinski definition) is 7. The lowest BCUT2D eigenvalue weighted by atomic mass is 10.1. The third-order valence-electron chi connectivity index (χ3n) is 3.37. The first kappa shape index (κ1) is 17.7. The summed E-state index contributed by atoms with van der Waals surface area (Å²) in [4.78, 5) is 35.4. The van der Waals surface area contributed by atoms with Crippen molar-refractivity contribution in [2.45, 2.75) is 20.3 Å². The molecule has 3 rings (SSSR count). The third-order valence-corrected chi connectivity index (χ3v) is 4.86. The van der Waals surface area contributed by atoms with Crippen LogP contribution >= 0.6 is 34.5 Å². The number of oxime groups is 1. The number of aromatic nitrogens is 2. The van der Waals surface area contributed by atoms with Crippen LogP contribution < -0.4 is 16.0 Å². The maximum absolute atomic E-state index is 12.2. The van der Waals surface area contributed by atoms with Crippen molar-refractivity contribution in [1.29, 1.82) is 0 Å². The number of aryl methyl sites for hydroxylation is 1. The van der Waals surface area contributed by atoms with Gasteiger partial charge < -0.3 is 9.25 Å². The molecule has 3 aromatic rings. The fraction of sp³-hybridized carbons (Fsp3) is 0.200. The van der Waals surface area contributed by atoms with Gasteiger partial charge in [-0.2, -0.15) is 4.98 Å². The molecule has 25 heavy (non-hydrogen) atoms. The Labute approximate surface area is 154 Å². The Morgan fingerprint density at radius 3 is 2.80 bits per heavy atom. The molecule has 0 aliphatic heterocycles. The number of hydrogen-bond donors (Lipinski definition) is 1. The Bertz CT molecular complexity index is 1100. The first-order chi connectivity index (χ1) is 11.9. The van der Waals surface area contributed by atoms with E-state index in [1.54, 1.807) is 13.0 Å². The van der Waals surface area contributed by atoms with E-state index in [-0.39, 0.29) is 17.1 Å². The van der Waals surface area contributed by atoms with Crippen LogP contribution in [0.25, 0.3) is 11.1 Å². The van der Waals surface area contributed by atoms with Gasteiger partial charge in [0, 0.05) is 11.6 Å². The molecule has 3 aromatic heterocycles. The van der Waals surface area contributed by atoms with Crippen molar-refractivity contribution in [3.63, 3.8) is 0 Å². The molecule has 0 saturated heterocycles. The van der Waals surface area contributed by atoms with Crippen LogP contribution in [0.5, 0.6) is 6.01 Å². The van der Waals surface area contributed by atoms with Gasteiger partial charge in [0.1, 0.15) is 9.72 Å². The van der Waals surface area contributed by atoms with Crippen LogP contribution in [0.3, 0.4) is 0 Å². The summed E-state index contributed by atoms with van der Waals surface area (Å²) in [7, 11) is 0. The van der Waals surface area contributed by atoms with Crippen molar-refractivity contribution in [1.82, 2.24) is 9.97 Å². The van der Waals surface area contributed by atoms with E-state index in [0.29, 0.717) is 31.9 Å². The quantitative estimate of drug-likeness (QED) is 0.533. The SMILES string of the molecule is CCc1cc(=O)oc2nc(O/N=C(\C)c3cc(Cl)sc3Cl)[nH]c(=O)c12. The highest BCUT2D eigenvalue weighted by molar-refractivity contribution is 7.20. The molecule has 0 aromatic carbocycles. The number of rotatable bonds is 4. The number of fused-ring (bicyclic) bond motifs is 1. The Kier molecular flexibility index (Phi) is 4.94. The Morgan fingerprint density at radius 1 is 1.40 bits per heavy atom. The average molecular weight is 400 g/mol. The van der Waals surface area contributed by atoms with E-state index in [1.807, 2.05) is 6.92 Å². The second-order valence-electron chi connectivity index (χ2n) is 5.00. The highest BCUT2D eigenvalue weighted by Gasteiger charge is 2.13. The van der Waals surface area contributed by atoms with E-state index in [4.69, 9.17) is 32.5 Å². The molecule has 0 atom stereocenters. The normalized spacial score (nSPS) is 11.9. The first-order valence-corrected chi connectivity index (χ1v) is 8.70. The van der Waals surface area contributed by atoms with Gasteiger partial charge in [-0.1, -0.05) is 35.3 Å². The Hall–Kier alpha value is -2.16. The van der Waals surface area contributed by atoms with E-state index >= 15 is 0 Å². The van der Waals surface area contributed by atoms with Crippen molar-refractivity contribution < 1.29 is 9.25 Å². The average Bonchev–Trinajstić information content (AvgIpc) is 2.89. The van der Waals surface area contributed by atoms with Gasteiger partial charge in [0.25, 0.3) is 5.56 Å². The summed E-state index contributed by atoms with van der Waals surface area (Å²) in [6.45, 7) is 3.49. The Balaban J connectivity index is 2.00. The van der Waals surface area contributed by atoms with Crippen LogP contribution in [0.4, 0.5) is 0 Å². The molecule has 3 heterocycles. The van der Waals surface area contributed by atoms with E-state index in [0.717, 1.165) is 0 Å². The highest BCUT2D eigenvalue weighted by atomic mass is 35.5. The minimum absolute atomic E-state index is 0.104. The number of thiophene rings is 1. The summed E-state index contributed by atoms with van der Waals surface area (Å²) < 4.78 is 5.97. The zero-order valence-electron chi connectivity index (χ0n) is 13.1. The summed E-state index contributed by atoms with van der Waals surface area (Å²) in [6.07, 6.45) is 0.488. The molecule has 10 heteroatoms. The summed E-state index contributed by atoms with van der Waals surface area (Å²) in [5, 5.41) is 4.09. The zero-order chi connectivity index (χ0) is 18.1. The first-order valence-electron chi connectivity index (χ1n) is 7.13. The van der Waals surface area contributed by atoms with Crippen molar-refractivity contribution in [3.8, 4) is 6.01 Å². The number of nitrogens with zero attached hydrogens (tertiary/aromatic N) is 2. The van der Waals surface area contributed by atoms with Gasteiger partial charge in [-0.3, -0.25) is 9.78 Å². The molecule has 0 radical (unpaired) electrons. The van der Waals surface area contributed by atoms with Gasteiger partial charge >= 0.3 is 11.6 Å². The van der Waals surface area contributed by atoms with Crippen LogP contribution in [0.1, 0.15) is 25.0 Å². The van der Waals surface area contributed by atoms with Crippen LogP contribution in [0.15, 0.2) is 31.3 Å². The van der Waals surface area contributed by atoms with Gasteiger partial charge in [-0.05, 0) is 25.0 Å². The summed E-state index contributed by atoms with van der Waals surface area (Å²) in [6, 6.07) is 2.72. The van der Waals surface area contributed by atoms with Crippen molar-refractivity contribution in [2.75, 3.05) is 0 Å². The van der Waals surface area contributed by atoms with Crippen LogP contribution in [0, 0.1) is 0 Å². The van der Waals surface area contributed by atoms with Crippen molar-refractivity contribution in [2.24, 2.45) is 5.16 Å². The van der Waals surface area contributed by atoms with Gasteiger partial charge in [0.15, 0.2) is 0 Å². The molecular weight excluding hydrogens is 389 g/mol. The molecule has 7 nitrogen and oxygen atoms in total. The number of nitrogens with one attached hydrogen (secondary N) is 1. The van der Waals surface area contributed by atoms with E-state index in [1.165, 1.54) is 17.4 Å². The molecule has 1 N–H and O–H groups in total. The largest absolute Gasteiger partial charge is 0.403 e. The molecular formula is C15H11Cl2N3O4S. The predicted molar refractivity (Wildman–Crippen MR) is 97.5 cm³/mol. The summed E-state index contributed by atoms with van der Waals surface area (Å²) >= 11 is 13.1. The molecule has 0 aliphatic carbocycles. The van der Waals surface area contributed by atoms with Crippen LogP contribution in [0.2, 0.25) is 8.67 Å². The maximum atomic E-state index is 12.2. The second kappa shape index (κ2) is 6.99. The topological polar surface area (TPSA) is 97.5 Å². The fourth-order valence-electron chi connectivity index (χ4n) is 2.20. The maximum Gasteiger partial charge on any atom is 0.337 e. The smallest absolute Gasteiger partial charge is 0.337 e. The molecule has 0 unspecified atom stereocenters. The summed E-state index contributed by atoms with van der Waals surface area (Å²) in [5.74, 6) is 0. The van der Waals surface area contributed by atoms with Gasteiger partial charge in [-0.25, -0.2) is 4.79 Å². The van der Waals surface area contributed by atoms with Gasteiger partial charge in [0.05, 0.1) is 10.0 Å². The Morgan fingerprint density at radius 2 is 2.16 bits per heavy atom. The lowest BCUT2D eigenvalue weighted by Crippen LogP contribution is -2.14. The van der Waals surface area contributed by atoms with E-state index in [2.05, 4.69) is 15.1 Å². The van der Waals surface area contributed by atoms with Crippen LogP contribution in [-0.4, -0.2) is 15.7 Å². The number of halogens is 2. The van der Waals surface area contributed by atoms with Gasteiger partial charge in [0.2, 0.25) is 5.71 Å². The lowest BCUT2D eigenvalue weighted by Gasteiger charge is -2.03. The molecule has 0 bridgehead atoms. The zero-order valence-corrected chi connectivity index (χ0v) is 15.4. The standard InChI is InChI=1S/C15H11Cl2N3O4S/c1-3-7-4-10(21)23-14-11(7)13(22)18-15(19-14)24-20-6(2)8-5-9(16)25-12(8)17/h4-5H,3H2,1-2H3,(H,18,19,22)/b20-6+. The van der Waals surface area contributed by atoms with E-state index < -0.39 is 11.2 Å². The van der Waals surface area contributed by atoms with E-state index in [9.17, 15) is 9.59 Å². The fourth-order valence-corrected chi connectivity index (χ4v) is 3.76. The summed E-state index contributed by atoms with van der Waals surface area (Å²) in [5.41, 5.74) is 0.426. The lowest BCUT2D eigenvalue weighted by molar-refractivity contribution is 0.311. The molecule has 0 saturated carbocycles.